The van der Waals surface area contributed by atoms with Crippen molar-refractivity contribution >= 4 is 5.97 Å². The van der Waals surface area contributed by atoms with Crippen LogP contribution in [0.2, 0.25) is 0 Å². The van der Waals surface area contributed by atoms with E-state index >= 15 is 0 Å². The Morgan fingerprint density at radius 3 is 2.04 bits per heavy atom. The van der Waals surface area contributed by atoms with E-state index in [-0.39, 0.29) is 17.6 Å². The van der Waals surface area contributed by atoms with Crippen LogP contribution in [0.1, 0.15) is 36.8 Å². The molecular weight excluding hydrogens is 342 g/mol. The number of fused-ring (bicyclic) bond motifs is 2. The van der Waals surface area contributed by atoms with E-state index < -0.39 is 11.6 Å². The molecule has 2 heterocycles. The number of likely N-dealkylation sites (N-methyl/N-ethyl adjacent to an activating group) is 1. The molecule has 2 saturated heterocycles. The van der Waals surface area contributed by atoms with Gasteiger partial charge in [-0.15, -0.1) is 0 Å². The molecule has 4 rings (SSSR count). The predicted molar refractivity (Wildman–Crippen MR) is 103 cm³/mol. The van der Waals surface area contributed by atoms with E-state index in [1.165, 1.54) is 0 Å². The molecule has 5 nitrogen and oxygen atoms in total. The van der Waals surface area contributed by atoms with Gasteiger partial charge in [-0.05, 0) is 43.9 Å². The van der Waals surface area contributed by atoms with Gasteiger partial charge in [0.25, 0.3) is 0 Å². The van der Waals surface area contributed by atoms with Gasteiger partial charge < -0.3 is 15.3 Å². The van der Waals surface area contributed by atoms with Gasteiger partial charge in [0.2, 0.25) is 5.60 Å². The van der Waals surface area contributed by atoms with E-state index in [9.17, 15) is 9.90 Å². The number of ether oxygens (including phenoxy) is 1. The molecule has 3 N–H and O–H groups in total. The second-order valence-electron chi connectivity index (χ2n) is 7.43. The van der Waals surface area contributed by atoms with Gasteiger partial charge in [-0.25, -0.2) is 4.79 Å². The van der Waals surface area contributed by atoms with Crippen LogP contribution in [0.15, 0.2) is 60.7 Å². The fourth-order valence-electron chi connectivity index (χ4n) is 4.51. The maximum Gasteiger partial charge on any atom is 0.348 e. The minimum atomic E-state index is -1.80. The van der Waals surface area contributed by atoms with Crippen molar-refractivity contribution in [3.8, 4) is 0 Å². The van der Waals surface area contributed by atoms with Gasteiger partial charge in [0.15, 0.2) is 0 Å². The van der Waals surface area contributed by atoms with Crippen molar-refractivity contribution in [2.75, 3.05) is 7.05 Å². The summed E-state index contributed by atoms with van der Waals surface area (Å²) in [6.45, 7) is 0. The molecule has 0 radical (unpaired) electrons. The summed E-state index contributed by atoms with van der Waals surface area (Å²) < 4.78 is 5.94. The van der Waals surface area contributed by atoms with Gasteiger partial charge in [-0.2, -0.15) is 0 Å². The zero-order valence-electron chi connectivity index (χ0n) is 15.5. The predicted octanol–water partition coefficient (Wildman–Crippen LogP) is 2.27. The first-order valence-corrected chi connectivity index (χ1v) is 9.37. The summed E-state index contributed by atoms with van der Waals surface area (Å²) in [5.41, 5.74) is -0.731. The molecule has 0 aliphatic carbocycles. The van der Waals surface area contributed by atoms with Crippen LogP contribution >= 0.6 is 0 Å². The summed E-state index contributed by atoms with van der Waals surface area (Å²) >= 11 is 0. The van der Waals surface area contributed by atoms with E-state index in [0.29, 0.717) is 17.2 Å². The maximum atomic E-state index is 13.2. The molecule has 2 aliphatic heterocycles. The molecule has 0 amide bonds. The Balaban J connectivity index is 0.00000210. The molecule has 3 atom stereocenters. The quantitative estimate of drug-likeness (QED) is 0.838. The molecule has 2 unspecified atom stereocenters. The molecule has 2 aromatic rings. The molecular formula is C22H27NO4. The summed E-state index contributed by atoms with van der Waals surface area (Å²) in [6, 6.07) is 19.0. The number of aliphatic hydroxyl groups is 1. The van der Waals surface area contributed by atoms with Crippen molar-refractivity contribution in [2.45, 2.75) is 49.5 Å². The highest BCUT2D eigenvalue weighted by Crippen LogP contribution is 2.38. The number of esters is 1. The minimum Gasteiger partial charge on any atom is -0.458 e. The van der Waals surface area contributed by atoms with Crippen LogP contribution in [0.25, 0.3) is 0 Å². The summed E-state index contributed by atoms with van der Waals surface area (Å²) in [7, 11) is 2.11. The van der Waals surface area contributed by atoms with Crippen molar-refractivity contribution in [3.05, 3.63) is 71.8 Å². The number of carbonyl (C=O) groups is 1. The SMILES string of the molecule is CN1C2CCC(OC(=O)C(O)(c3ccccc3)c3ccccc3)[C@H]1CC2.O. The fraction of sp³-hybridized carbons (Fsp3) is 0.409. The molecule has 27 heavy (non-hydrogen) atoms. The molecule has 2 fully saturated rings. The van der Waals surface area contributed by atoms with E-state index in [4.69, 9.17) is 4.74 Å². The lowest BCUT2D eigenvalue weighted by Crippen LogP contribution is -2.49. The van der Waals surface area contributed by atoms with E-state index in [0.717, 1.165) is 25.7 Å². The van der Waals surface area contributed by atoms with Crippen LogP contribution in [0.3, 0.4) is 0 Å². The maximum absolute atomic E-state index is 13.2. The number of nitrogens with zero attached hydrogens (tertiary/aromatic N) is 1. The van der Waals surface area contributed by atoms with Crippen molar-refractivity contribution < 1.29 is 20.1 Å². The number of piperidine rings is 1. The van der Waals surface area contributed by atoms with Gasteiger partial charge in [0.05, 0.1) is 0 Å². The first kappa shape index (κ1) is 19.5. The number of hydrogen-bond donors (Lipinski definition) is 1. The third kappa shape index (κ3) is 3.38. The summed E-state index contributed by atoms with van der Waals surface area (Å²) in [6.07, 6.45) is 3.96. The number of rotatable bonds is 4. The van der Waals surface area contributed by atoms with Crippen molar-refractivity contribution in [3.63, 3.8) is 0 Å². The zero-order valence-corrected chi connectivity index (χ0v) is 15.5. The van der Waals surface area contributed by atoms with Crippen molar-refractivity contribution in [1.29, 1.82) is 0 Å². The van der Waals surface area contributed by atoms with E-state index in [1.807, 2.05) is 36.4 Å². The van der Waals surface area contributed by atoms with Gasteiger partial charge >= 0.3 is 5.97 Å². The standard InChI is InChI=1S/C22H25NO3.H2O/c1-23-18-12-14-19(23)20(15-13-18)26-21(24)22(25,16-8-4-2-5-9-16)17-10-6-3-7-11-17;/h2-11,18-20,25H,12-15H2,1H3;1H2/t18?,19-,20?;/m1./s1. The molecule has 5 heteroatoms. The third-order valence-electron chi connectivity index (χ3n) is 6.05. The fourth-order valence-corrected chi connectivity index (χ4v) is 4.51. The van der Waals surface area contributed by atoms with E-state index in [2.05, 4.69) is 11.9 Å². The lowest BCUT2D eigenvalue weighted by atomic mass is 9.86. The van der Waals surface area contributed by atoms with Gasteiger partial charge in [0, 0.05) is 12.1 Å². The van der Waals surface area contributed by atoms with Crippen LogP contribution in [-0.2, 0) is 15.1 Å². The van der Waals surface area contributed by atoms with Gasteiger partial charge in [-0.1, -0.05) is 60.7 Å². The van der Waals surface area contributed by atoms with Crippen LogP contribution < -0.4 is 0 Å². The van der Waals surface area contributed by atoms with Gasteiger partial charge in [0.1, 0.15) is 6.10 Å². The number of carbonyl (C=O) groups excluding carboxylic acids is 1. The molecule has 2 bridgehead atoms. The first-order chi connectivity index (χ1) is 12.6. The summed E-state index contributed by atoms with van der Waals surface area (Å²) in [4.78, 5) is 15.6. The summed E-state index contributed by atoms with van der Waals surface area (Å²) in [5.74, 6) is -0.585. The number of hydrogen-bond acceptors (Lipinski definition) is 4. The normalized spacial score (nSPS) is 24.9. The van der Waals surface area contributed by atoms with Crippen LogP contribution in [-0.4, -0.2) is 46.7 Å². The lowest BCUT2D eigenvalue weighted by Gasteiger charge is -2.38. The molecule has 144 valence electrons. The highest BCUT2D eigenvalue weighted by molar-refractivity contribution is 5.85. The van der Waals surface area contributed by atoms with Gasteiger partial charge in [-0.3, -0.25) is 4.90 Å². The molecule has 0 spiro atoms. The minimum absolute atomic E-state index is 0. The second-order valence-corrected chi connectivity index (χ2v) is 7.43. The number of benzene rings is 2. The lowest BCUT2D eigenvalue weighted by molar-refractivity contribution is -0.173. The highest BCUT2D eigenvalue weighted by Gasteiger charge is 2.47. The Morgan fingerprint density at radius 1 is 0.963 bits per heavy atom. The Morgan fingerprint density at radius 2 is 1.48 bits per heavy atom. The molecule has 0 saturated carbocycles. The Bertz CT molecular complexity index is 725. The largest absolute Gasteiger partial charge is 0.458 e. The highest BCUT2D eigenvalue weighted by atomic mass is 16.6. The van der Waals surface area contributed by atoms with Crippen LogP contribution in [0.4, 0.5) is 0 Å². The smallest absolute Gasteiger partial charge is 0.348 e. The Hall–Kier alpha value is -2.21. The van der Waals surface area contributed by atoms with E-state index in [1.54, 1.807) is 24.3 Å². The summed E-state index contributed by atoms with van der Waals surface area (Å²) in [5, 5.41) is 11.5. The van der Waals surface area contributed by atoms with Crippen molar-refractivity contribution in [1.82, 2.24) is 4.90 Å². The second kappa shape index (κ2) is 7.80. The first-order valence-electron chi connectivity index (χ1n) is 9.37. The molecule has 2 aromatic carbocycles. The Labute approximate surface area is 159 Å². The van der Waals surface area contributed by atoms with Crippen molar-refractivity contribution in [2.24, 2.45) is 0 Å². The van der Waals surface area contributed by atoms with Crippen LogP contribution in [0, 0.1) is 0 Å². The monoisotopic (exact) mass is 369 g/mol. The Kier molecular flexibility index (Phi) is 5.65. The molecule has 2 aliphatic rings. The average molecular weight is 369 g/mol. The molecule has 0 aromatic heterocycles. The van der Waals surface area contributed by atoms with Crippen LogP contribution in [0.5, 0.6) is 0 Å². The zero-order chi connectivity index (χ0) is 18.1. The topological polar surface area (TPSA) is 81.3 Å². The average Bonchev–Trinajstić information content (AvgIpc) is 2.92. The third-order valence-corrected chi connectivity index (χ3v) is 6.05.